The molecule has 3 rings (SSSR count). The van der Waals surface area contributed by atoms with Gasteiger partial charge < -0.3 is 9.64 Å². The van der Waals surface area contributed by atoms with Crippen molar-refractivity contribution >= 4 is 45.0 Å². The highest BCUT2D eigenvalue weighted by atomic mass is 35.5. The average molecular weight is 434 g/mol. The van der Waals surface area contributed by atoms with Crippen LogP contribution in [0.25, 0.3) is 10.2 Å². The van der Waals surface area contributed by atoms with Crippen molar-refractivity contribution in [2.24, 2.45) is 0 Å². The Bertz CT molecular complexity index is 896. The minimum atomic E-state index is -0.0538. The first-order valence-corrected chi connectivity index (χ1v) is 10.4. The average Bonchev–Trinajstić information content (AvgIpc) is 3.12. The first-order valence-electron chi connectivity index (χ1n) is 9.63. The first kappa shape index (κ1) is 23.1. The highest BCUT2D eigenvalue weighted by molar-refractivity contribution is 7.22. The summed E-state index contributed by atoms with van der Waals surface area (Å²) in [6.07, 6.45) is 2.08. The number of hydrogen-bond donors (Lipinski definition) is 0. The molecule has 1 amide bonds. The molecule has 2 aromatic carbocycles. The smallest absolute Gasteiger partial charge is 0.260 e. The van der Waals surface area contributed by atoms with Gasteiger partial charge in [0.1, 0.15) is 5.75 Å². The summed E-state index contributed by atoms with van der Waals surface area (Å²) in [5.74, 6) is 0.679. The fraction of sp³-hybridized carbons (Fsp3) is 0.364. The number of ether oxygens (including phenoxy) is 1. The Morgan fingerprint density at radius 3 is 2.62 bits per heavy atom. The van der Waals surface area contributed by atoms with E-state index in [4.69, 9.17) is 9.72 Å². The second kappa shape index (κ2) is 11.1. The van der Waals surface area contributed by atoms with E-state index in [-0.39, 0.29) is 18.3 Å². The van der Waals surface area contributed by atoms with E-state index in [0.29, 0.717) is 18.7 Å². The Morgan fingerprint density at radius 2 is 1.90 bits per heavy atom. The van der Waals surface area contributed by atoms with E-state index in [1.165, 1.54) is 0 Å². The van der Waals surface area contributed by atoms with E-state index in [0.717, 1.165) is 40.5 Å². The maximum absolute atomic E-state index is 13.3. The van der Waals surface area contributed by atoms with Gasteiger partial charge in [0.15, 0.2) is 5.13 Å². The van der Waals surface area contributed by atoms with E-state index in [9.17, 15) is 4.79 Å². The molecule has 0 saturated heterocycles. The standard InChI is InChI=1S/C22H27N3O2S.ClH/c1-4-5-15-27-18-10-8-9-17(16-18)21(26)25(14-13-24(2)3)22-23-19-11-6-7-12-20(19)28-22;/h6-12,16H,4-5,13-15H2,1-3H3;1H. The minimum Gasteiger partial charge on any atom is -0.494 e. The molecule has 0 aliphatic carbocycles. The number of anilines is 1. The molecule has 0 aliphatic rings. The number of unbranched alkanes of at least 4 members (excludes halogenated alkanes) is 1. The summed E-state index contributed by atoms with van der Waals surface area (Å²) in [4.78, 5) is 21.9. The monoisotopic (exact) mass is 433 g/mol. The second-order valence-electron chi connectivity index (χ2n) is 6.95. The Hall–Kier alpha value is -2.15. The third-order valence-corrected chi connectivity index (χ3v) is 5.44. The molecule has 1 aromatic heterocycles. The Balaban J connectivity index is 0.00000300. The predicted octanol–water partition coefficient (Wildman–Crippen LogP) is 5.11. The number of carbonyl (C=O) groups is 1. The molecule has 7 heteroatoms. The lowest BCUT2D eigenvalue weighted by molar-refractivity contribution is 0.0984. The molecule has 0 aliphatic heterocycles. The molecule has 29 heavy (non-hydrogen) atoms. The largest absolute Gasteiger partial charge is 0.494 e. The van der Waals surface area contributed by atoms with Crippen LogP contribution in [0.1, 0.15) is 30.1 Å². The van der Waals surface area contributed by atoms with Crippen molar-refractivity contribution < 1.29 is 9.53 Å². The molecule has 0 radical (unpaired) electrons. The van der Waals surface area contributed by atoms with Gasteiger partial charge >= 0.3 is 0 Å². The molecule has 156 valence electrons. The third kappa shape index (κ3) is 6.16. The normalized spacial score (nSPS) is 10.8. The number of aromatic nitrogens is 1. The number of thiazole rings is 1. The van der Waals surface area contributed by atoms with Crippen molar-refractivity contribution in [3.63, 3.8) is 0 Å². The van der Waals surface area contributed by atoms with Gasteiger partial charge in [-0.1, -0.05) is 42.9 Å². The van der Waals surface area contributed by atoms with Crippen LogP contribution in [0.15, 0.2) is 48.5 Å². The first-order chi connectivity index (χ1) is 13.6. The number of likely N-dealkylation sites (N-methyl/N-ethyl adjacent to an activating group) is 1. The number of carbonyl (C=O) groups excluding carboxylic acids is 1. The van der Waals surface area contributed by atoms with Crippen LogP contribution in [0.5, 0.6) is 5.75 Å². The van der Waals surface area contributed by atoms with Gasteiger partial charge in [0.25, 0.3) is 5.91 Å². The minimum absolute atomic E-state index is 0. The molecule has 0 fully saturated rings. The quantitative estimate of drug-likeness (QED) is 0.440. The molecule has 0 bridgehead atoms. The zero-order valence-corrected chi connectivity index (χ0v) is 18.8. The van der Waals surface area contributed by atoms with Crippen molar-refractivity contribution in [1.82, 2.24) is 9.88 Å². The van der Waals surface area contributed by atoms with Crippen LogP contribution in [0.3, 0.4) is 0 Å². The van der Waals surface area contributed by atoms with E-state index >= 15 is 0 Å². The van der Waals surface area contributed by atoms with Crippen molar-refractivity contribution in [1.29, 1.82) is 0 Å². The van der Waals surface area contributed by atoms with Crippen LogP contribution in [0.4, 0.5) is 5.13 Å². The van der Waals surface area contributed by atoms with Crippen LogP contribution in [-0.4, -0.2) is 49.6 Å². The van der Waals surface area contributed by atoms with Crippen molar-refractivity contribution in [2.75, 3.05) is 38.7 Å². The molecule has 3 aromatic rings. The van der Waals surface area contributed by atoms with Crippen LogP contribution >= 0.6 is 23.7 Å². The topological polar surface area (TPSA) is 45.7 Å². The number of hydrogen-bond acceptors (Lipinski definition) is 5. The van der Waals surface area contributed by atoms with E-state index < -0.39 is 0 Å². The summed E-state index contributed by atoms with van der Waals surface area (Å²) in [6.45, 7) is 4.13. The van der Waals surface area contributed by atoms with E-state index in [2.05, 4.69) is 11.8 Å². The van der Waals surface area contributed by atoms with Crippen molar-refractivity contribution in [2.45, 2.75) is 19.8 Å². The lowest BCUT2D eigenvalue weighted by atomic mass is 10.2. The van der Waals surface area contributed by atoms with Gasteiger partial charge in [0.05, 0.1) is 16.8 Å². The van der Waals surface area contributed by atoms with Gasteiger partial charge in [-0.25, -0.2) is 4.98 Å². The number of amides is 1. The molecule has 0 atom stereocenters. The number of rotatable bonds is 9. The van der Waals surface area contributed by atoms with Gasteiger partial charge in [-0.3, -0.25) is 9.69 Å². The summed E-state index contributed by atoms with van der Waals surface area (Å²) < 4.78 is 6.86. The zero-order chi connectivity index (χ0) is 19.9. The molecular weight excluding hydrogens is 406 g/mol. The predicted molar refractivity (Wildman–Crippen MR) is 124 cm³/mol. The number of nitrogens with zero attached hydrogens (tertiary/aromatic N) is 3. The van der Waals surface area contributed by atoms with E-state index in [1.54, 1.807) is 16.2 Å². The SMILES string of the molecule is CCCCOc1cccc(C(=O)N(CCN(C)C)c2nc3ccccc3s2)c1.Cl. The molecule has 0 unspecified atom stereocenters. The van der Waals surface area contributed by atoms with Crippen LogP contribution in [0, 0.1) is 0 Å². The summed E-state index contributed by atoms with van der Waals surface area (Å²) in [5.41, 5.74) is 1.54. The maximum atomic E-state index is 13.3. The van der Waals surface area contributed by atoms with Crippen molar-refractivity contribution in [3.05, 3.63) is 54.1 Å². The Kier molecular flexibility index (Phi) is 8.89. The molecule has 0 N–H and O–H groups in total. The van der Waals surface area contributed by atoms with Gasteiger partial charge in [0, 0.05) is 18.7 Å². The highest BCUT2D eigenvalue weighted by Gasteiger charge is 2.21. The van der Waals surface area contributed by atoms with Gasteiger partial charge in [-0.05, 0) is 50.8 Å². The van der Waals surface area contributed by atoms with Crippen molar-refractivity contribution in [3.8, 4) is 5.75 Å². The van der Waals surface area contributed by atoms with E-state index in [1.807, 2.05) is 62.6 Å². The number of benzene rings is 2. The molecule has 0 saturated carbocycles. The van der Waals surface area contributed by atoms with Crippen LogP contribution in [0.2, 0.25) is 0 Å². The molecule has 1 heterocycles. The van der Waals surface area contributed by atoms with Gasteiger partial charge in [0.2, 0.25) is 0 Å². The lowest BCUT2D eigenvalue weighted by Crippen LogP contribution is -2.36. The lowest BCUT2D eigenvalue weighted by Gasteiger charge is -2.22. The summed E-state index contributed by atoms with van der Waals surface area (Å²) in [5, 5.41) is 0.727. The summed E-state index contributed by atoms with van der Waals surface area (Å²) in [6, 6.07) is 15.4. The fourth-order valence-corrected chi connectivity index (χ4v) is 3.76. The fourth-order valence-electron chi connectivity index (χ4n) is 2.77. The van der Waals surface area contributed by atoms with Crippen LogP contribution in [-0.2, 0) is 0 Å². The third-order valence-electron chi connectivity index (χ3n) is 4.38. The van der Waals surface area contributed by atoms with Crippen LogP contribution < -0.4 is 9.64 Å². The Morgan fingerprint density at radius 1 is 1.10 bits per heavy atom. The summed E-state index contributed by atoms with van der Waals surface area (Å²) >= 11 is 1.55. The number of halogens is 1. The maximum Gasteiger partial charge on any atom is 0.260 e. The molecular formula is C22H28ClN3O2S. The zero-order valence-electron chi connectivity index (χ0n) is 17.1. The Labute approximate surface area is 182 Å². The molecule has 5 nitrogen and oxygen atoms in total. The van der Waals surface area contributed by atoms with Gasteiger partial charge in [-0.2, -0.15) is 0 Å². The molecule has 0 spiro atoms. The summed E-state index contributed by atoms with van der Waals surface area (Å²) in [7, 11) is 4.01. The van der Waals surface area contributed by atoms with Gasteiger partial charge in [-0.15, -0.1) is 12.4 Å². The highest BCUT2D eigenvalue weighted by Crippen LogP contribution is 2.30. The number of fused-ring (bicyclic) bond motifs is 1. The number of para-hydroxylation sites is 1. The second-order valence-corrected chi connectivity index (χ2v) is 7.96.